The molecule has 0 aromatic heterocycles. The number of piperidine rings is 1. The minimum absolute atomic E-state index is 0.0761. The summed E-state index contributed by atoms with van der Waals surface area (Å²) in [5.74, 6) is -0.202. The second-order valence-corrected chi connectivity index (χ2v) is 17.9. The number of hydrogen-bond acceptors (Lipinski definition) is 4. The molecule has 1 saturated heterocycles. The molecule has 0 bridgehead atoms. The molecule has 0 unspecified atom stereocenters. The van der Waals surface area contributed by atoms with Crippen LogP contribution in [0.25, 0.3) is 0 Å². The van der Waals surface area contributed by atoms with Crippen LogP contribution in [0.3, 0.4) is 0 Å². The second kappa shape index (κ2) is 11.0. The standard InChI is InChI=1S/C26H37NO4SSi/c1-21-12-11-17-24(27(21)32(29,30)18-19-33(2,3)4)20-25(28)31-26(22-13-7-5-8-14-22)23-15-9-6-10-16-23/h5-10,13-16,21,24,26H,11-12,17-20H2,1-4H3/t21-,24+/m1/s1. The van der Waals surface area contributed by atoms with E-state index in [2.05, 4.69) is 19.6 Å². The number of carbonyl (C=O) groups is 1. The molecule has 180 valence electrons. The summed E-state index contributed by atoms with van der Waals surface area (Å²) in [6, 6.07) is 19.6. The molecule has 0 spiro atoms. The Labute approximate surface area is 200 Å². The first-order valence-electron chi connectivity index (χ1n) is 11.9. The number of nitrogens with zero attached hydrogens (tertiary/aromatic N) is 1. The molecule has 33 heavy (non-hydrogen) atoms. The molecule has 2 aromatic carbocycles. The van der Waals surface area contributed by atoms with E-state index in [1.165, 1.54) is 0 Å². The van der Waals surface area contributed by atoms with Gasteiger partial charge in [-0.05, 0) is 36.9 Å². The zero-order valence-corrected chi connectivity index (χ0v) is 22.1. The Morgan fingerprint density at radius 3 is 2.06 bits per heavy atom. The van der Waals surface area contributed by atoms with E-state index in [1.807, 2.05) is 67.6 Å². The van der Waals surface area contributed by atoms with Gasteiger partial charge < -0.3 is 4.74 Å². The predicted octanol–water partition coefficient (Wildman–Crippen LogP) is 5.62. The van der Waals surface area contributed by atoms with Crippen molar-refractivity contribution in [3.63, 3.8) is 0 Å². The molecule has 1 aliphatic rings. The lowest BCUT2D eigenvalue weighted by atomic mass is 9.97. The minimum atomic E-state index is -3.43. The number of rotatable bonds is 9. The largest absolute Gasteiger partial charge is 0.452 e. The molecule has 0 amide bonds. The van der Waals surface area contributed by atoms with Crippen LogP contribution in [-0.4, -0.2) is 44.6 Å². The molecule has 0 radical (unpaired) electrons. The van der Waals surface area contributed by atoms with E-state index in [9.17, 15) is 13.2 Å². The Hall–Kier alpha value is -1.96. The monoisotopic (exact) mass is 487 g/mol. The lowest BCUT2D eigenvalue weighted by Crippen LogP contribution is -2.50. The van der Waals surface area contributed by atoms with E-state index < -0.39 is 24.2 Å². The van der Waals surface area contributed by atoms with E-state index in [0.29, 0.717) is 6.42 Å². The zero-order valence-electron chi connectivity index (χ0n) is 20.2. The molecule has 0 N–H and O–H groups in total. The number of sulfonamides is 1. The maximum absolute atomic E-state index is 13.3. The van der Waals surface area contributed by atoms with Crippen LogP contribution in [0.1, 0.15) is 49.8 Å². The van der Waals surface area contributed by atoms with Crippen molar-refractivity contribution in [1.82, 2.24) is 4.31 Å². The summed E-state index contributed by atoms with van der Waals surface area (Å²) in [6.07, 6.45) is 1.99. The minimum Gasteiger partial charge on any atom is -0.452 e. The fourth-order valence-corrected chi connectivity index (χ4v) is 9.43. The fourth-order valence-electron chi connectivity index (χ4n) is 4.45. The molecule has 1 fully saturated rings. The van der Waals surface area contributed by atoms with Gasteiger partial charge in [-0.25, -0.2) is 8.42 Å². The van der Waals surface area contributed by atoms with E-state index >= 15 is 0 Å². The summed E-state index contributed by atoms with van der Waals surface area (Å²) in [5.41, 5.74) is 1.79. The van der Waals surface area contributed by atoms with Gasteiger partial charge in [0.2, 0.25) is 10.0 Å². The van der Waals surface area contributed by atoms with Crippen LogP contribution in [0.2, 0.25) is 25.7 Å². The molecule has 1 aliphatic heterocycles. The van der Waals surface area contributed by atoms with Crippen LogP contribution in [-0.2, 0) is 19.6 Å². The van der Waals surface area contributed by atoms with Crippen LogP contribution in [0.5, 0.6) is 0 Å². The lowest BCUT2D eigenvalue weighted by Gasteiger charge is -2.39. The fraction of sp³-hybridized carbons (Fsp3) is 0.500. The molecule has 5 nitrogen and oxygen atoms in total. The smallest absolute Gasteiger partial charge is 0.308 e. The van der Waals surface area contributed by atoms with Gasteiger partial charge in [0, 0.05) is 20.2 Å². The highest BCUT2D eigenvalue weighted by atomic mass is 32.2. The summed E-state index contributed by atoms with van der Waals surface area (Å²) in [4.78, 5) is 13.1. The Morgan fingerprint density at radius 2 is 1.55 bits per heavy atom. The van der Waals surface area contributed by atoms with Gasteiger partial charge in [-0.15, -0.1) is 0 Å². The highest BCUT2D eigenvalue weighted by molar-refractivity contribution is 7.89. The third-order valence-electron chi connectivity index (χ3n) is 6.24. The van der Waals surface area contributed by atoms with Crippen LogP contribution in [0, 0.1) is 0 Å². The molecular formula is C26H37NO4SSi. The number of hydrogen-bond donors (Lipinski definition) is 0. The first kappa shape index (κ1) is 25.7. The van der Waals surface area contributed by atoms with Crippen LogP contribution in [0.4, 0.5) is 0 Å². The van der Waals surface area contributed by atoms with Gasteiger partial charge in [-0.3, -0.25) is 4.79 Å². The molecule has 7 heteroatoms. The van der Waals surface area contributed by atoms with Gasteiger partial charge in [0.05, 0.1) is 12.2 Å². The van der Waals surface area contributed by atoms with Crippen molar-refractivity contribution < 1.29 is 17.9 Å². The average molecular weight is 488 g/mol. The van der Waals surface area contributed by atoms with Crippen LogP contribution >= 0.6 is 0 Å². The van der Waals surface area contributed by atoms with Crippen molar-refractivity contribution >= 4 is 24.1 Å². The molecule has 0 saturated carbocycles. The highest BCUT2D eigenvalue weighted by Crippen LogP contribution is 2.31. The summed E-state index contributed by atoms with van der Waals surface area (Å²) >= 11 is 0. The molecular weight excluding hydrogens is 450 g/mol. The third-order valence-corrected chi connectivity index (χ3v) is 10.4. The summed E-state index contributed by atoms with van der Waals surface area (Å²) in [5, 5.41) is 0. The van der Waals surface area contributed by atoms with E-state index in [4.69, 9.17) is 4.74 Å². The van der Waals surface area contributed by atoms with Gasteiger partial charge >= 0.3 is 5.97 Å². The molecule has 2 atom stereocenters. The van der Waals surface area contributed by atoms with Gasteiger partial charge in [0.25, 0.3) is 0 Å². The first-order valence-corrected chi connectivity index (χ1v) is 17.2. The number of carbonyl (C=O) groups excluding carboxylic acids is 1. The van der Waals surface area contributed by atoms with Crippen molar-refractivity contribution in [3.05, 3.63) is 71.8 Å². The Morgan fingerprint density at radius 1 is 1.00 bits per heavy atom. The Bertz CT molecular complexity index is 966. The van der Waals surface area contributed by atoms with Crippen molar-refractivity contribution in [2.24, 2.45) is 0 Å². The zero-order chi connectivity index (χ0) is 24.1. The molecule has 2 aromatic rings. The number of benzene rings is 2. The lowest BCUT2D eigenvalue weighted by molar-refractivity contribution is -0.149. The third kappa shape index (κ3) is 7.26. The predicted molar refractivity (Wildman–Crippen MR) is 136 cm³/mol. The van der Waals surface area contributed by atoms with E-state index in [1.54, 1.807) is 4.31 Å². The topological polar surface area (TPSA) is 63.7 Å². The normalized spacial score (nSPS) is 20.0. The van der Waals surface area contributed by atoms with E-state index in [0.717, 1.165) is 30.0 Å². The second-order valence-electron chi connectivity index (χ2n) is 10.3. The average Bonchev–Trinajstić information content (AvgIpc) is 2.77. The Kier molecular flexibility index (Phi) is 8.53. The summed E-state index contributed by atoms with van der Waals surface area (Å²) in [7, 11) is -4.93. The maximum Gasteiger partial charge on any atom is 0.308 e. The van der Waals surface area contributed by atoms with Crippen LogP contribution < -0.4 is 0 Å². The SMILES string of the molecule is C[C@@H]1CCC[C@@H](CC(=O)OC(c2ccccc2)c2ccccc2)N1S(=O)(=O)CC[Si](C)(C)C. The number of ether oxygens (including phenoxy) is 1. The van der Waals surface area contributed by atoms with Crippen molar-refractivity contribution in [3.8, 4) is 0 Å². The van der Waals surface area contributed by atoms with Gasteiger partial charge in [0.1, 0.15) is 0 Å². The molecule has 1 heterocycles. The quantitative estimate of drug-likeness (QED) is 0.340. The van der Waals surface area contributed by atoms with Crippen molar-refractivity contribution in [2.45, 2.75) is 76.5 Å². The molecule has 0 aliphatic carbocycles. The van der Waals surface area contributed by atoms with Gasteiger partial charge in [-0.2, -0.15) is 4.31 Å². The van der Waals surface area contributed by atoms with Crippen molar-refractivity contribution in [1.29, 1.82) is 0 Å². The summed E-state index contributed by atoms with van der Waals surface area (Å²) < 4.78 is 34.2. The highest BCUT2D eigenvalue weighted by Gasteiger charge is 2.39. The van der Waals surface area contributed by atoms with Gasteiger partial charge in [0.15, 0.2) is 6.10 Å². The van der Waals surface area contributed by atoms with E-state index in [-0.39, 0.29) is 30.2 Å². The molecule has 3 rings (SSSR count). The summed E-state index contributed by atoms with van der Waals surface area (Å²) in [6.45, 7) is 8.51. The van der Waals surface area contributed by atoms with Crippen LogP contribution in [0.15, 0.2) is 60.7 Å². The maximum atomic E-state index is 13.3. The van der Waals surface area contributed by atoms with Gasteiger partial charge in [-0.1, -0.05) is 86.7 Å². The number of esters is 1. The first-order chi connectivity index (χ1) is 15.6. The van der Waals surface area contributed by atoms with Crippen molar-refractivity contribution in [2.75, 3.05) is 5.75 Å². The Balaban J connectivity index is 1.77.